The molecule has 0 saturated carbocycles. The second kappa shape index (κ2) is 8.71. The van der Waals surface area contributed by atoms with Crippen LogP contribution in [0.25, 0.3) is 16.6 Å². The second-order valence-electron chi connectivity index (χ2n) is 7.69. The summed E-state index contributed by atoms with van der Waals surface area (Å²) < 4.78 is 4.65. The molecule has 1 aromatic carbocycles. The maximum Gasteiger partial charge on any atom is 0.275 e. The smallest absolute Gasteiger partial charge is 0.275 e. The Morgan fingerprint density at radius 3 is 2.93 bits per heavy atom. The molecule has 1 aliphatic heterocycles. The second-order valence-corrected chi connectivity index (χ2v) is 8.60. The van der Waals surface area contributed by atoms with Gasteiger partial charge in [0.25, 0.3) is 5.56 Å². The van der Waals surface area contributed by atoms with Gasteiger partial charge in [0.05, 0.1) is 11.0 Å². The number of hydrogen-bond acceptors (Lipinski definition) is 3. The van der Waals surface area contributed by atoms with Crippen molar-refractivity contribution >= 4 is 38.4 Å². The van der Waals surface area contributed by atoms with Crippen molar-refractivity contribution < 1.29 is 4.79 Å². The standard InChI is InChI=1S/C22H27BrN4O2/c1-2-25-11-3-6-17(25)15-24-21(28)8-5-13-27-20-14-16(23)9-10-18(20)26-12-4-7-19(26)22(27)29/h4,7,9-10,12,14,17H,2-3,5-6,8,11,13,15H2,1H3,(H,24,28). The molecule has 29 heavy (non-hydrogen) atoms. The molecule has 3 aromatic rings. The van der Waals surface area contributed by atoms with Crippen molar-refractivity contribution in [2.45, 2.75) is 45.2 Å². The number of halogens is 1. The molecule has 0 aliphatic carbocycles. The van der Waals surface area contributed by atoms with Crippen LogP contribution in [0.4, 0.5) is 0 Å². The average molecular weight is 459 g/mol. The van der Waals surface area contributed by atoms with Crippen molar-refractivity contribution in [2.24, 2.45) is 0 Å². The van der Waals surface area contributed by atoms with Crippen molar-refractivity contribution in [1.82, 2.24) is 19.2 Å². The number of nitrogens with zero attached hydrogens (tertiary/aromatic N) is 3. The molecular formula is C22H27BrN4O2. The fourth-order valence-corrected chi connectivity index (χ4v) is 4.76. The molecule has 1 amide bonds. The zero-order valence-corrected chi connectivity index (χ0v) is 18.3. The van der Waals surface area contributed by atoms with Gasteiger partial charge in [0.2, 0.25) is 5.91 Å². The summed E-state index contributed by atoms with van der Waals surface area (Å²) in [6, 6.07) is 10.1. The number of likely N-dealkylation sites (N-methyl/N-ethyl adjacent to an activating group) is 1. The zero-order valence-electron chi connectivity index (χ0n) is 16.7. The van der Waals surface area contributed by atoms with Gasteiger partial charge in [-0.15, -0.1) is 0 Å². The lowest BCUT2D eigenvalue weighted by atomic mass is 10.2. The molecule has 1 atom stereocenters. The quantitative estimate of drug-likeness (QED) is 0.590. The number of carbonyl (C=O) groups excluding carboxylic acids is 1. The monoisotopic (exact) mass is 458 g/mol. The number of fused-ring (bicyclic) bond motifs is 3. The summed E-state index contributed by atoms with van der Waals surface area (Å²) in [6.45, 7) is 5.57. The third-order valence-electron chi connectivity index (χ3n) is 5.93. The van der Waals surface area contributed by atoms with E-state index in [1.807, 2.05) is 40.9 Å². The summed E-state index contributed by atoms with van der Waals surface area (Å²) in [4.78, 5) is 27.7. The Labute approximate surface area is 178 Å². The fourth-order valence-electron chi connectivity index (χ4n) is 4.41. The van der Waals surface area contributed by atoms with Gasteiger partial charge in [-0.2, -0.15) is 0 Å². The molecule has 1 fully saturated rings. The Morgan fingerprint density at radius 2 is 2.10 bits per heavy atom. The van der Waals surface area contributed by atoms with E-state index in [2.05, 4.69) is 33.1 Å². The summed E-state index contributed by atoms with van der Waals surface area (Å²) in [7, 11) is 0. The van der Waals surface area contributed by atoms with Crippen molar-refractivity contribution in [3.63, 3.8) is 0 Å². The van der Waals surface area contributed by atoms with Gasteiger partial charge in [0, 0.05) is 36.2 Å². The van der Waals surface area contributed by atoms with Crippen LogP contribution in [0.5, 0.6) is 0 Å². The van der Waals surface area contributed by atoms with E-state index in [4.69, 9.17) is 0 Å². The number of hydrogen-bond donors (Lipinski definition) is 1. The third kappa shape index (κ3) is 4.12. The number of benzene rings is 1. The van der Waals surface area contributed by atoms with Gasteiger partial charge in [0.1, 0.15) is 5.52 Å². The van der Waals surface area contributed by atoms with Gasteiger partial charge in [0.15, 0.2) is 0 Å². The van der Waals surface area contributed by atoms with Crippen LogP contribution in [0.1, 0.15) is 32.6 Å². The average Bonchev–Trinajstić information content (AvgIpc) is 3.38. The normalized spacial score (nSPS) is 17.4. The van der Waals surface area contributed by atoms with Gasteiger partial charge >= 0.3 is 0 Å². The highest BCUT2D eigenvalue weighted by Gasteiger charge is 2.23. The topological polar surface area (TPSA) is 58.8 Å². The van der Waals surface area contributed by atoms with Gasteiger partial charge in [-0.1, -0.05) is 22.9 Å². The zero-order chi connectivity index (χ0) is 20.4. The van der Waals surface area contributed by atoms with Crippen LogP contribution in [-0.4, -0.2) is 45.5 Å². The van der Waals surface area contributed by atoms with E-state index in [0.717, 1.165) is 41.6 Å². The number of nitrogens with one attached hydrogen (secondary N) is 1. The van der Waals surface area contributed by atoms with E-state index in [-0.39, 0.29) is 11.5 Å². The molecule has 4 rings (SSSR count). The maximum absolute atomic E-state index is 13.0. The Kier molecular flexibility index (Phi) is 6.06. The first-order chi connectivity index (χ1) is 14.1. The maximum atomic E-state index is 13.0. The van der Waals surface area contributed by atoms with Crippen LogP contribution in [0.2, 0.25) is 0 Å². The van der Waals surface area contributed by atoms with E-state index >= 15 is 0 Å². The van der Waals surface area contributed by atoms with Crippen molar-refractivity contribution in [3.05, 3.63) is 51.4 Å². The summed E-state index contributed by atoms with van der Waals surface area (Å²) in [5.74, 6) is 0.0650. The van der Waals surface area contributed by atoms with E-state index < -0.39 is 0 Å². The lowest BCUT2D eigenvalue weighted by Crippen LogP contribution is -2.40. The number of carbonyl (C=O) groups is 1. The van der Waals surface area contributed by atoms with Crippen molar-refractivity contribution in [2.75, 3.05) is 19.6 Å². The SMILES string of the molecule is CCN1CCCC1CNC(=O)CCCn1c(=O)c2cccn2c2ccc(Br)cc21. The fraction of sp³-hybridized carbons (Fsp3) is 0.455. The summed E-state index contributed by atoms with van der Waals surface area (Å²) in [6.07, 6.45) is 5.33. The largest absolute Gasteiger partial charge is 0.355 e. The predicted molar refractivity (Wildman–Crippen MR) is 119 cm³/mol. The molecule has 1 saturated heterocycles. The minimum absolute atomic E-state index is 0.0226. The highest BCUT2D eigenvalue weighted by atomic mass is 79.9. The van der Waals surface area contributed by atoms with Gasteiger partial charge in [-0.25, -0.2) is 0 Å². The summed E-state index contributed by atoms with van der Waals surface area (Å²) >= 11 is 3.51. The number of aromatic nitrogens is 2. The minimum Gasteiger partial charge on any atom is -0.355 e. The first kappa shape index (κ1) is 20.2. The highest BCUT2D eigenvalue weighted by Crippen LogP contribution is 2.21. The first-order valence-corrected chi connectivity index (χ1v) is 11.2. The number of rotatable bonds is 7. The van der Waals surface area contributed by atoms with Gasteiger partial charge < -0.3 is 14.3 Å². The molecule has 1 unspecified atom stereocenters. The van der Waals surface area contributed by atoms with E-state index in [9.17, 15) is 9.59 Å². The van der Waals surface area contributed by atoms with Gasteiger partial charge in [-0.05, 0) is 62.7 Å². The Bertz CT molecular complexity index is 1090. The number of likely N-dealkylation sites (tertiary alicyclic amines) is 1. The van der Waals surface area contributed by atoms with Crippen LogP contribution in [0.15, 0.2) is 45.8 Å². The van der Waals surface area contributed by atoms with E-state index in [0.29, 0.717) is 30.9 Å². The Balaban J connectivity index is 1.44. The van der Waals surface area contributed by atoms with Crippen LogP contribution < -0.4 is 10.9 Å². The predicted octanol–water partition coefficient (Wildman–Crippen LogP) is 3.40. The molecule has 0 bridgehead atoms. The Morgan fingerprint density at radius 1 is 1.24 bits per heavy atom. The molecule has 7 heteroatoms. The molecule has 2 aromatic heterocycles. The van der Waals surface area contributed by atoms with E-state index in [1.165, 1.54) is 6.42 Å². The third-order valence-corrected chi connectivity index (χ3v) is 6.42. The van der Waals surface area contributed by atoms with Crippen molar-refractivity contribution in [3.8, 4) is 0 Å². The molecule has 1 N–H and O–H groups in total. The van der Waals surface area contributed by atoms with Crippen LogP contribution in [0, 0.1) is 0 Å². The molecular weight excluding hydrogens is 432 g/mol. The molecule has 154 valence electrons. The lowest BCUT2D eigenvalue weighted by Gasteiger charge is -2.22. The summed E-state index contributed by atoms with van der Waals surface area (Å²) in [5.41, 5.74) is 2.49. The highest BCUT2D eigenvalue weighted by molar-refractivity contribution is 9.10. The first-order valence-electron chi connectivity index (χ1n) is 10.4. The molecule has 6 nitrogen and oxygen atoms in total. The van der Waals surface area contributed by atoms with Gasteiger partial charge in [-0.3, -0.25) is 14.5 Å². The molecule has 0 spiro atoms. The van der Waals surface area contributed by atoms with Crippen LogP contribution >= 0.6 is 15.9 Å². The minimum atomic E-state index is -0.0226. The van der Waals surface area contributed by atoms with E-state index in [1.54, 1.807) is 4.57 Å². The molecule has 3 heterocycles. The summed E-state index contributed by atoms with van der Waals surface area (Å²) in [5, 5.41) is 3.08. The lowest BCUT2D eigenvalue weighted by molar-refractivity contribution is -0.121. The van der Waals surface area contributed by atoms with Crippen molar-refractivity contribution in [1.29, 1.82) is 0 Å². The Hall–Kier alpha value is -2.12. The number of aryl methyl sites for hydroxylation is 1. The number of amides is 1. The molecule has 1 aliphatic rings. The van der Waals surface area contributed by atoms with Crippen LogP contribution in [0.3, 0.4) is 0 Å². The molecule has 0 radical (unpaired) electrons. The van der Waals surface area contributed by atoms with Crippen LogP contribution in [-0.2, 0) is 11.3 Å².